The van der Waals surface area contributed by atoms with Crippen LogP contribution in [0.4, 0.5) is 0 Å². The van der Waals surface area contributed by atoms with Gasteiger partial charge in [0.1, 0.15) is 0 Å². The standard InChI is InChI=1S/C11H13BrClNO2S/c12-10-5-4-9(8-11(10)13)17(15,16)14-6-2-1-3-7-14/h4-5,8H,1-3,6-7H2. The highest BCUT2D eigenvalue weighted by Gasteiger charge is 2.26. The Labute approximate surface area is 115 Å². The summed E-state index contributed by atoms with van der Waals surface area (Å²) in [5.41, 5.74) is 0. The molecule has 1 aliphatic heterocycles. The smallest absolute Gasteiger partial charge is 0.207 e. The Hall–Kier alpha value is -0.100. The quantitative estimate of drug-likeness (QED) is 0.830. The zero-order valence-corrected chi connectivity index (χ0v) is 12.4. The summed E-state index contributed by atoms with van der Waals surface area (Å²) >= 11 is 9.18. The summed E-state index contributed by atoms with van der Waals surface area (Å²) in [6.07, 6.45) is 2.97. The molecule has 0 amide bonds. The van der Waals surface area contributed by atoms with Gasteiger partial charge in [-0.15, -0.1) is 0 Å². The number of rotatable bonds is 2. The second kappa shape index (κ2) is 5.26. The second-order valence-corrected chi connectivity index (χ2v) is 7.24. The topological polar surface area (TPSA) is 37.4 Å². The maximum atomic E-state index is 12.3. The van der Waals surface area contributed by atoms with Crippen molar-refractivity contribution in [2.45, 2.75) is 24.2 Å². The Morgan fingerprint density at radius 2 is 1.82 bits per heavy atom. The van der Waals surface area contributed by atoms with E-state index in [1.54, 1.807) is 12.1 Å². The van der Waals surface area contributed by atoms with Crippen LogP contribution in [0.5, 0.6) is 0 Å². The van der Waals surface area contributed by atoms with Crippen molar-refractivity contribution in [2.24, 2.45) is 0 Å². The molecule has 0 unspecified atom stereocenters. The molecule has 6 heteroatoms. The lowest BCUT2D eigenvalue weighted by Gasteiger charge is -2.25. The normalized spacial score (nSPS) is 18.2. The molecule has 0 spiro atoms. The molecule has 2 rings (SSSR count). The zero-order valence-electron chi connectivity index (χ0n) is 9.20. The van der Waals surface area contributed by atoms with Gasteiger partial charge in [-0.3, -0.25) is 0 Å². The second-order valence-electron chi connectivity index (χ2n) is 4.04. The van der Waals surface area contributed by atoms with Gasteiger partial charge < -0.3 is 0 Å². The summed E-state index contributed by atoms with van der Waals surface area (Å²) in [5.74, 6) is 0. The minimum Gasteiger partial charge on any atom is -0.207 e. The van der Waals surface area contributed by atoms with Crippen LogP contribution in [0.3, 0.4) is 0 Å². The molecule has 0 saturated carbocycles. The summed E-state index contributed by atoms with van der Waals surface area (Å²) in [4.78, 5) is 0.271. The molecule has 94 valence electrons. The fraction of sp³-hybridized carbons (Fsp3) is 0.455. The van der Waals surface area contributed by atoms with Crippen LogP contribution in [0.1, 0.15) is 19.3 Å². The number of sulfonamides is 1. The molecule has 1 aromatic rings. The fourth-order valence-corrected chi connectivity index (χ4v) is 3.93. The summed E-state index contributed by atoms with van der Waals surface area (Å²) in [5, 5.41) is 0.420. The molecule has 0 radical (unpaired) electrons. The highest BCUT2D eigenvalue weighted by molar-refractivity contribution is 9.10. The molecular formula is C11H13BrClNO2S. The molecule has 0 bridgehead atoms. The van der Waals surface area contributed by atoms with Gasteiger partial charge in [-0.25, -0.2) is 8.42 Å². The largest absolute Gasteiger partial charge is 0.243 e. The summed E-state index contributed by atoms with van der Waals surface area (Å²) < 4.78 is 26.8. The van der Waals surface area contributed by atoms with Crippen LogP contribution < -0.4 is 0 Å². The minimum absolute atomic E-state index is 0.271. The van der Waals surface area contributed by atoms with Crippen LogP contribution >= 0.6 is 27.5 Å². The van der Waals surface area contributed by atoms with Crippen LogP contribution in [-0.2, 0) is 10.0 Å². The average Bonchev–Trinajstić information content (AvgIpc) is 2.33. The molecular weight excluding hydrogens is 326 g/mol. The highest BCUT2D eigenvalue weighted by atomic mass is 79.9. The van der Waals surface area contributed by atoms with Gasteiger partial charge >= 0.3 is 0 Å². The molecule has 0 N–H and O–H groups in total. The Morgan fingerprint density at radius 1 is 1.18 bits per heavy atom. The van der Waals surface area contributed by atoms with Crippen molar-refractivity contribution in [3.05, 3.63) is 27.7 Å². The maximum absolute atomic E-state index is 12.3. The predicted molar refractivity (Wildman–Crippen MR) is 71.8 cm³/mol. The first-order valence-corrected chi connectivity index (χ1v) is 8.08. The summed E-state index contributed by atoms with van der Waals surface area (Å²) in [7, 11) is -3.37. The van der Waals surface area contributed by atoms with E-state index in [2.05, 4.69) is 15.9 Å². The number of halogens is 2. The molecule has 0 aromatic heterocycles. The van der Waals surface area contributed by atoms with Crippen LogP contribution in [-0.4, -0.2) is 25.8 Å². The Balaban J connectivity index is 2.33. The molecule has 0 atom stereocenters. The molecule has 3 nitrogen and oxygen atoms in total. The van der Waals surface area contributed by atoms with Crippen LogP contribution in [0.25, 0.3) is 0 Å². The van der Waals surface area contributed by atoms with Gasteiger partial charge in [-0.1, -0.05) is 18.0 Å². The van der Waals surface area contributed by atoms with Crippen molar-refractivity contribution in [1.29, 1.82) is 0 Å². The number of hydrogen-bond acceptors (Lipinski definition) is 2. The number of nitrogens with zero attached hydrogens (tertiary/aromatic N) is 1. The van der Waals surface area contributed by atoms with E-state index in [-0.39, 0.29) is 4.90 Å². The van der Waals surface area contributed by atoms with E-state index in [0.29, 0.717) is 22.6 Å². The maximum Gasteiger partial charge on any atom is 0.243 e. The Morgan fingerprint density at radius 3 is 2.41 bits per heavy atom. The van der Waals surface area contributed by atoms with E-state index < -0.39 is 10.0 Å². The van der Waals surface area contributed by atoms with Crippen LogP contribution in [0.15, 0.2) is 27.6 Å². The monoisotopic (exact) mass is 337 g/mol. The number of benzene rings is 1. The van der Waals surface area contributed by atoms with E-state index in [1.807, 2.05) is 0 Å². The van der Waals surface area contributed by atoms with Crippen molar-refractivity contribution in [3.8, 4) is 0 Å². The first-order valence-electron chi connectivity index (χ1n) is 5.47. The van der Waals surface area contributed by atoms with Crippen molar-refractivity contribution < 1.29 is 8.42 Å². The first kappa shape index (κ1) is 13.3. The lowest BCUT2D eigenvalue weighted by molar-refractivity contribution is 0.346. The van der Waals surface area contributed by atoms with Crippen LogP contribution in [0.2, 0.25) is 5.02 Å². The Bertz CT molecular complexity index is 512. The van der Waals surface area contributed by atoms with E-state index in [1.165, 1.54) is 10.4 Å². The van der Waals surface area contributed by atoms with E-state index >= 15 is 0 Å². The van der Waals surface area contributed by atoms with Gasteiger partial charge in [0, 0.05) is 17.6 Å². The third kappa shape index (κ3) is 2.84. The summed E-state index contributed by atoms with van der Waals surface area (Å²) in [6, 6.07) is 4.74. The van der Waals surface area contributed by atoms with E-state index in [9.17, 15) is 8.42 Å². The molecule has 1 aliphatic rings. The van der Waals surface area contributed by atoms with E-state index in [4.69, 9.17) is 11.6 Å². The van der Waals surface area contributed by atoms with Gasteiger partial charge in [-0.05, 0) is 47.0 Å². The van der Waals surface area contributed by atoms with Crippen LogP contribution in [0, 0.1) is 0 Å². The highest BCUT2D eigenvalue weighted by Crippen LogP contribution is 2.27. The molecule has 1 fully saturated rings. The summed E-state index contributed by atoms with van der Waals surface area (Å²) in [6.45, 7) is 1.21. The third-order valence-electron chi connectivity index (χ3n) is 2.84. The first-order chi connectivity index (χ1) is 8.01. The lowest BCUT2D eigenvalue weighted by atomic mass is 10.2. The third-order valence-corrected chi connectivity index (χ3v) is 5.97. The average molecular weight is 339 g/mol. The van der Waals surface area contributed by atoms with Gasteiger partial charge in [0.25, 0.3) is 0 Å². The predicted octanol–water partition coefficient (Wildman–Crippen LogP) is 3.28. The minimum atomic E-state index is -3.37. The van der Waals surface area contributed by atoms with Gasteiger partial charge in [0.05, 0.1) is 9.92 Å². The SMILES string of the molecule is O=S(=O)(c1ccc(Br)c(Cl)c1)N1CCCCC1. The van der Waals surface area contributed by atoms with Gasteiger partial charge in [0.15, 0.2) is 0 Å². The van der Waals surface area contributed by atoms with E-state index in [0.717, 1.165) is 19.3 Å². The fourth-order valence-electron chi connectivity index (χ4n) is 1.89. The van der Waals surface area contributed by atoms with Crippen molar-refractivity contribution in [3.63, 3.8) is 0 Å². The number of hydrogen-bond donors (Lipinski definition) is 0. The molecule has 1 aromatic carbocycles. The zero-order chi connectivity index (χ0) is 12.5. The van der Waals surface area contributed by atoms with Gasteiger partial charge in [-0.2, -0.15) is 4.31 Å². The molecule has 1 heterocycles. The lowest BCUT2D eigenvalue weighted by Crippen LogP contribution is -2.35. The molecule has 1 saturated heterocycles. The van der Waals surface area contributed by atoms with Crippen molar-refractivity contribution >= 4 is 37.6 Å². The molecule has 0 aliphatic carbocycles. The van der Waals surface area contributed by atoms with Crippen molar-refractivity contribution in [1.82, 2.24) is 4.31 Å². The van der Waals surface area contributed by atoms with Gasteiger partial charge in [0.2, 0.25) is 10.0 Å². The van der Waals surface area contributed by atoms with Crippen molar-refractivity contribution in [2.75, 3.05) is 13.1 Å². The molecule has 17 heavy (non-hydrogen) atoms. The Kier molecular flexibility index (Phi) is 4.13. The number of piperidine rings is 1.